The van der Waals surface area contributed by atoms with Crippen molar-refractivity contribution in [2.75, 3.05) is 14.2 Å². The normalized spacial score (nSPS) is 27.2. The zero-order valence-corrected chi connectivity index (χ0v) is 10.9. The van der Waals surface area contributed by atoms with E-state index in [1.54, 1.807) is 0 Å². The first-order valence-electron chi connectivity index (χ1n) is 5.92. The van der Waals surface area contributed by atoms with Crippen molar-refractivity contribution >= 4 is 17.8 Å². The van der Waals surface area contributed by atoms with Gasteiger partial charge in [-0.25, -0.2) is 0 Å². The second-order valence-electron chi connectivity index (χ2n) is 4.47. The Labute approximate surface area is 106 Å². The number of methoxy groups -OCH3 is 2. The molecule has 0 radical (unpaired) electrons. The standard InChI is InChI=1S/C12H19NO5/c1-7(14)13-10-5-4-8(11(15)17-2)6-9(10)12(16)18-3/h8-10H,4-6H2,1-3H3,(H,13,14)/t8-,9-,10+/m1/s1. The highest BCUT2D eigenvalue weighted by molar-refractivity contribution is 5.79. The van der Waals surface area contributed by atoms with E-state index in [0.29, 0.717) is 19.3 Å². The molecule has 3 atom stereocenters. The summed E-state index contributed by atoms with van der Waals surface area (Å²) in [7, 11) is 2.63. The van der Waals surface area contributed by atoms with E-state index in [9.17, 15) is 14.4 Å². The zero-order chi connectivity index (χ0) is 13.7. The third kappa shape index (κ3) is 3.45. The van der Waals surface area contributed by atoms with Crippen molar-refractivity contribution in [1.29, 1.82) is 0 Å². The molecular formula is C12H19NO5. The summed E-state index contributed by atoms with van der Waals surface area (Å²) in [6.45, 7) is 1.40. The van der Waals surface area contributed by atoms with Gasteiger partial charge in [-0.15, -0.1) is 0 Å². The highest BCUT2D eigenvalue weighted by atomic mass is 16.5. The second-order valence-corrected chi connectivity index (χ2v) is 4.47. The smallest absolute Gasteiger partial charge is 0.310 e. The van der Waals surface area contributed by atoms with Gasteiger partial charge in [0.15, 0.2) is 0 Å². The Hall–Kier alpha value is -1.59. The number of hydrogen-bond donors (Lipinski definition) is 1. The number of nitrogens with one attached hydrogen (secondary N) is 1. The van der Waals surface area contributed by atoms with E-state index < -0.39 is 11.9 Å². The van der Waals surface area contributed by atoms with Crippen LogP contribution in [0.1, 0.15) is 26.2 Å². The SMILES string of the molecule is COC(=O)[C@@H]1CC[C@H](NC(C)=O)[C@H](C(=O)OC)C1. The van der Waals surface area contributed by atoms with E-state index in [2.05, 4.69) is 10.1 Å². The van der Waals surface area contributed by atoms with Crippen molar-refractivity contribution in [3.05, 3.63) is 0 Å². The molecule has 1 N–H and O–H groups in total. The van der Waals surface area contributed by atoms with E-state index in [0.717, 1.165) is 0 Å². The van der Waals surface area contributed by atoms with Crippen LogP contribution >= 0.6 is 0 Å². The van der Waals surface area contributed by atoms with E-state index in [4.69, 9.17) is 4.74 Å². The Morgan fingerprint density at radius 1 is 1.06 bits per heavy atom. The van der Waals surface area contributed by atoms with Crippen LogP contribution in [0.15, 0.2) is 0 Å². The molecule has 1 aliphatic carbocycles. The molecule has 0 unspecified atom stereocenters. The summed E-state index contributed by atoms with van der Waals surface area (Å²) >= 11 is 0. The van der Waals surface area contributed by atoms with E-state index in [1.807, 2.05) is 0 Å². The van der Waals surface area contributed by atoms with Crippen molar-refractivity contribution in [3.63, 3.8) is 0 Å². The zero-order valence-electron chi connectivity index (χ0n) is 10.9. The van der Waals surface area contributed by atoms with Crippen LogP contribution in [-0.2, 0) is 23.9 Å². The van der Waals surface area contributed by atoms with Crippen molar-refractivity contribution in [3.8, 4) is 0 Å². The lowest BCUT2D eigenvalue weighted by Gasteiger charge is -2.33. The van der Waals surface area contributed by atoms with Gasteiger partial charge in [-0.2, -0.15) is 0 Å². The highest BCUT2D eigenvalue weighted by Crippen LogP contribution is 2.31. The van der Waals surface area contributed by atoms with Gasteiger partial charge in [0.2, 0.25) is 5.91 Å². The summed E-state index contributed by atoms with van der Waals surface area (Å²) in [6, 6.07) is -0.268. The minimum atomic E-state index is -0.489. The monoisotopic (exact) mass is 257 g/mol. The summed E-state index contributed by atoms with van der Waals surface area (Å²) in [5.41, 5.74) is 0. The molecule has 6 heteroatoms. The summed E-state index contributed by atoms with van der Waals surface area (Å²) in [5.74, 6) is -1.70. The lowest BCUT2D eigenvalue weighted by molar-refractivity contribution is -0.153. The molecule has 18 heavy (non-hydrogen) atoms. The van der Waals surface area contributed by atoms with Crippen LogP contribution in [0.5, 0.6) is 0 Å². The predicted molar refractivity (Wildman–Crippen MR) is 62.5 cm³/mol. The minimum Gasteiger partial charge on any atom is -0.469 e. The Kier molecular flexibility index (Phi) is 5.12. The molecule has 102 valence electrons. The Morgan fingerprint density at radius 2 is 1.67 bits per heavy atom. The molecule has 0 saturated heterocycles. The first-order valence-corrected chi connectivity index (χ1v) is 5.92. The summed E-state index contributed by atoms with van der Waals surface area (Å²) in [6.07, 6.45) is 1.52. The maximum absolute atomic E-state index is 11.7. The lowest BCUT2D eigenvalue weighted by Crippen LogP contribution is -2.47. The Balaban J connectivity index is 2.75. The van der Waals surface area contributed by atoms with Gasteiger partial charge in [0.25, 0.3) is 0 Å². The largest absolute Gasteiger partial charge is 0.469 e. The predicted octanol–water partition coefficient (Wildman–Crippen LogP) is 0.253. The number of carbonyl (C=O) groups excluding carboxylic acids is 3. The number of hydrogen-bond acceptors (Lipinski definition) is 5. The van der Waals surface area contributed by atoms with Gasteiger partial charge in [0.1, 0.15) is 0 Å². The van der Waals surface area contributed by atoms with E-state index >= 15 is 0 Å². The third-order valence-electron chi connectivity index (χ3n) is 3.28. The molecular weight excluding hydrogens is 238 g/mol. The summed E-state index contributed by atoms with van der Waals surface area (Å²) in [4.78, 5) is 34.3. The van der Waals surface area contributed by atoms with Crippen LogP contribution < -0.4 is 5.32 Å². The molecule has 0 aromatic rings. The van der Waals surface area contributed by atoms with Crippen LogP contribution in [0.25, 0.3) is 0 Å². The average molecular weight is 257 g/mol. The van der Waals surface area contributed by atoms with E-state index in [-0.39, 0.29) is 23.8 Å². The van der Waals surface area contributed by atoms with Crippen molar-refractivity contribution in [2.45, 2.75) is 32.2 Å². The number of rotatable bonds is 3. The van der Waals surface area contributed by atoms with Crippen LogP contribution in [0.2, 0.25) is 0 Å². The molecule has 0 spiro atoms. The molecule has 0 bridgehead atoms. The molecule has 6 nitrogen and oxygen atoms in total. The van der Waals surface area contributed by atoms with Gasteiger partial charge >= 0.3 is 11.9 Å². The van der Waals surface area contributed by atoms with Crippen LogP contribution in [0.4, 0.5) is 0 Å². The molecule has 1 amide bonds. The maximum Gasteiger partial charge on any atom is 0.310 e. The van der Waals surface area contributed by atoms with Crippen LogP contribution in [0, 0.1) is 11.8 Å². The van der Waals surface area contributed by atoms with Crippen molar-refractivity contribution in [2.24, 2.45) is 11.8 Å². The van der Waals surface area contributed by atoms with Crippen molar-refractivity contribution in [1.82, 2.24) is 5.32 Å². The number of carbonyl (C=O) groups is 3. The van der Waals surface area contributed by atoms with Gasteiger partial charge in [0, 0.05) is 13.0 Å². The molecule has 0 heterocycles. The molecule has 1 rings (SSSR count). The fourth-order valence-corrected chi connectivity index (χ4v) is 2.40. The third-order valence-corrected chi connectivity index (χ3v) is 3.28. The molecule has 1 fully saturated rings. The number of amides is 1. The minimum absolute atomic E-state index is 0.189. The van der Waals surface area contributed by atoms with Gasteiger partial charge in [-0.05, 0) is 19.3 Å². The number of ether oxygens (including phenoxy) is 2. The van der Waals surface area contributed by atoms with E-state index in [1.165, 1.54) is 21.1 Å². The maximum atomic E-state index is 11.7. The average Bonchev–Trinajstić information content (AvgIpc) is 2.36. The van der Waals surface area contributed by atoms with Crippen LogP contribution in [0.3, 0.4) is 0 Å². The lowest BCUT2D eigenvalue weighted by atomic mass is 9.78. The summed E-state index contributed by atoms with van der Waals surface area (Å²) in [5, 5.41) is 2.73. The second kappa shape index (κ2) is 6.37. The molecule has 1 saturated carbocycles. The van der Waals surface area contributed by atoms with Gasteiger partial charge < -0.3 is 14.8 Å². The van der Waals surface area contributed by atoms with Gasteiger partial charge in [0.05, 0.1) is 26.1 Å². The molecule has 0 aromatic carbocycles. The van der Waals surface area contributed by atoms with Crippen LogP contribution in [-0.4, -0.2) is 38.1 Å². The first kappa shape index (κ1) is 14.5. The Bertz CT molecular complexity index is 341. The highest BCUT2D eigenvalue weighted by Gasteiger charge is 2.39. The molecule has 0 aromatic heterocycles. The van der Waals surface area contributed by atoms with Gasteiger partial charge in [-0.1, -0.05) is 0 Å². The molecule has 0 aliphatic heterocycles. The fraction of sp³-hybridized carbons (Fsp3) is 0.750. The first-order chi connectivity index (χ1) is 8.49. The summed E-state index contributed by atoms with van der Waals surface area (Å²) < 4.78 is 9.41. The number of esters is 2. The molecule has 1 aliphatic rings. The fourth-order valence-electron chi connectivity index (χ4n) is 2.40. The Morgan fingerprint density at radius 3 is 2.17 bits per heavy atom. The quantitative estimate of drug-likeness (QED) is 0.733. The van der Waals surface area contributed by atoms with Gasteiger partial charge in [-0.3, -0.25) is 14.4 Å². The topological polar surface area (TPSA) is 81.7 Å². The van der Waals surface area contributed by atoms with Crippen molar-refractivity contribution < 1.29 is 23.9 Å².